The summed E-state index contributed by atoms with van der Waals surface area (Å²) in [5, 5.41) is 3.70. The number of hydrogen-bond acceptors (Lipinski definition) is 0. The van der Waals surface area contributed by atoms with Crippen molar-refractivity contribution < 1.29 is 0 Å². The van der Waals surface area contributed by atoms with E-state index in [0.717, 1.165) is 0 Å². The Labute approximate surface area is 121 Å². The van der Waals surface area contributed by atoms with Gasteiger partial charge in [-0.05, 0) is 12.8 Å². The van der Waals surface area contributed by atoms with E-state index < -0.39 is 22.3 Å². The molecule has 0 spiro atoms. The van der Waals surface area contributed by atoms with Crippen molar-refractivity contribution in [3.63, 3.8) is 0 Å². The third-order valence-corrected chi connectivity index (χ3v) is 42.8. The largest absolute Gasteiger partial charge is 0.0944 e. The van der Waals surface area contributed by atoms with Crippen molar-refractivity contribution >= 4 is 22.3 Å². The van der Waals surface area contributed by atoms with Crippen molar-refractivity contribution in [3.05, 3.63) is 46.8 Å². The third-order valence-electron chi connectivity index (χ3n) is 4.76. The summed E-state index contributed by atoms with van der Waals surface area (Å²) in [6, 6.07) is 0. The van der Waals surface area contributed by atoms with Gasteiger partial charge in [0.05, 0.1) is 7.11 Å². The average molecular weight is 305 g/mol. The highest BCUT2D eigenvalue weighted by molar-refractivity contribution is 7.73. The summed E-state index contributed by atoms with van der Waals surface area (Å²) < 4.78 is 0. The van der Waals surface area contributed by atoms with E-state index in [1.807, 2.05) is 10.4 Å². The van der Waals surface area contributed by atoms with Crippen LogP contribution in [0.3, 0.4) is 0 Å². The topological polar surface area (TPSA) is 0 Å². The molecule has 0 aromatic carbocycles. The lowest BCUT2D eigenvalue weighted by Crippen LogP contribution is -2.74. The van der Waals surface area contributed by atoms with Crippen molar-refractivity contribution in [2.45, 2.75) is 52.1 Å². The zero-order valence-corrected chi connectivity index (χ0v) is 16.4. The van der Waals surface area contributed by atoms with Gasteiger partial charge in [0.1, 0.15) is 0 Å². The second kappa shape index (κ2) is 4.86. The molecule has 2 aliphatic carbocycles. The van der Waals surface area contributed by atoms with Crippen LogP contribution in [0.15, 0.2) is 46.8 Å². The normalized spacial score (nSPS) is 19.9. The Bertz CT molecular complexity index is 433. The van der Waals surface area contributed by atoms with Crippen molar-refractivity contribution in [1.82, 2.24) is 0 Å². The molecule has 0 amide bonds. The summed E-state index contributed by atoms with van der Waals surface area (Å²) in [5.74, 6) is 0. The van der Waals surface area contributed by atoms with Gasteiger partial charge in [-0.15, -0.1) is 0 Å². The molecule has 0 N–H and O–H groups in total. The standard InChI is InChI=1S/C16H28Si3/c1-17(2,3)19(18(4,5)6,15-11-7-8-12-15)16-13-9-10-14-16/h7-11,13H,12,14H2,1-6H3. The molecule has 2 aliphatic rings. The van der Waals surface area contributed by atoms with E-state index in [-0.39, 0.29) is 0 Å². The quantitative estimate of drug-likeness (QED) is 0.632. The number of hydrogen-bond donors (Lipinski definition) is 0. The molecule has 0 aromatic heterocycles. The van der Waals surface area contributed by atoms with E-state index in [9.17, 15) is 0 Å². The molecule has 0 bridgehead atoms. The molecule has 0 saturated carbocycles. The van der Waals surface area contributed by atoms with Crippen LogP contribution in [0.25, 0.3) is 0 Å². The highest BCUT2D eigenvalue weighted by Crippen LogP contribution is 2.45. The van der Waals surface area contributed by atoms with E-state index in [0.29, 0.717) is 0 Å². The van der Waals surface area contributed by atoms with Crippen LogP contribution < -0.4 is 0 Å². The van der Waals surface area contributed by atoms with Crippen LogP contribution in [0.1, 0.15) is 12.8 Å². The van der Waals surface area contributed by atoms with Gasteiger partial charge in [-0.3, -0.25) is 0 Å². The molecule has 0 heterocycles. The van der Waals surface area contributed by atoms with Crippen LogP contribution in [-0.2, 0) is 0 Å². The molecule has 0 atom stereocenters. The first-order valence-corrected chi connectivity index (χ1v) is 18.4. The van der Waals surface area contributed by atoms with Gasteiger partial charge in [0.2, 0.25) is 0 Å². The molecule has 0 aliphatic heterocycles. The predicted molar refractivity (Wildman–Crippen MR) is 96.1 cm³/mol. The highest BCUT2D eigenvalue weighted by Gasteiger charge is 2.58. The summed E-state index contributed by atoms with van der Waals surface area (Å²) in [4.78, 5) is 0. The lowest BCUT2D eigenvalue weighted by atomic mass is 10.5. The van der Waals surface area contributed by atoms with E-state index in [1.165, 1.54) is 12.8 Å². The zero-order chi connectivity index (χ0) is 14.3. The molecule has 104 valence electrons. The fourth-order valence-electron chi connectivity index (χ4n) is 4.71. The molecule has 0 aromatic rings. The first-order chi connectivity index (χ1) is 8.71. The first kappa shape index (κ1) is 15.0. The molecular formula is C16H28Si3. The molecular weight excluding hydrogens is 276 g/mol. The van der Waals surface area contributed by atoms with Crippen LogP contribution in [0.4, 0.5) is 0 Å². The fraction of sp³-hybridized carbons (Fsp3) is 0.500. The van der Waals surface area contributed by atoms with Gasteiger partial charge in [0, 0.05) is 15.2 Å². The summed E-state index contributed by atoms with van der Waals surface area (Å²) in [7, 11) is -3.89. The van der Waals surface area contributed by atoms with Crippen LogP contribution in [-0.4, -0.2) is 22.3 Å². The second-order valence-corrected chi connectivity index (χ2v) is 34.7. The van der Waals surface area contributed by atoms with E-state index in [1.54, 1.807) is 0 Å². The zero-order valence-electron chi connectivity index (χ0n) is 13.4. The van der Waals surface area contributed by atoms with Gasteiger partial charge in [-0.1, -0.05) is 86.1 Å². The van der Waals surface area contributed by atoms with E-state index in [4.69, 9.17) is 0 Å². The smallest absolute Gasteiger partial charge is 0.0809 e. The lowest BCUT2D eigenvalue weighted by molar-refractivity contribution is 1.32. The third kappa shape index (κ3) is 2.26. The van der Waals surface area contributed by atoms with Gasteiger partial charge in [-0.2, -0.15) is 0 Å². The maximum atomic E-state index is 2.63. The molecule has 0 unspecified atom stereocenters. The molecule has 3 heteroatoms. The molecule has 0 saturated heterocycles. The Morgan fingerprint density at radius 1 is 0.684 bits per heavy atom. The van der Waals surface area contributed by atoms with Crippen LogP contribution in [0.5, 0.6) is 0 Å². The Morgan fingerprint density at radius 3 is 1.26 bits per heavy atom. The number of rotatable bonds is 4. The Kier molecular flexibility index (Phi) is 3.84. The maximum Gasteiger partial charge on any atom is 0.0944 e. The lowest BCUT2D eigenvalue weighted by Gasteiger charge is -2.52. The number of allylic oxidation sites excluding steroid dienone is 8. The van der Waals surface area contributed by atoms with Gasteiger partial charge in [-0.25, -0.2) is 0 Å². The van der Waals surface area contributed by atoms with Gasteiger partial charge < -0.3 is 0 Å². The summed E-state index contributed by atoms with van der Waals surface area (Å²) >= 11 is 0. The molecule has 2 rings (SSSR count). The molecule has 0 fully saturated rings. The van der Waals surface area contributed by atoms with Crippen molar-refractivity contribution in [3.8, 4) is 0 Å². The minimum absolute atomic E-state index is 1.22. The molecule has 19 heavy (non-hydrogen) atoms. The fourth-order valence-corrected chi connectivity index (χ4v) is 53.5. The average Bonchev–Trinajstić information content (AvgIpc) is 2.85. The SMILES string of the molecule is C[Si](C)(C)[Si](C1=CC=CC1)(C1=CC=CC1)[Si](C)(C)C. The predicted octanol–water partition coefficient (Wildman–Crippen LogP) is 5.12. The van der Waals surface area contributed by atoms with Crippen LogP contribution >= 0.6 is 0 Å². The van der Waals surface area contributed by atoms with E-state index >= 15 is 0 Å². The first-order valence-electron chi connectivity index (χ1n) is 7.43. The Balaban J connectivity index is 2.65. The minimum atomic E-state index is -1.46. The Hall–Kier alpha value is -0.389. The Morgan fingerprint density at radius 2 is 1.05 bits per heavy atom. The minimum Gasteiger partial charge on any atom is -0.0809 e. The van der Waals surface area contributed by atoms with E-state index in [2.05, 4.69) is 75.7 Å². The molecule has 0 nitrogen and oxygen atoms in total. The van der Waals surface area contributed by atoms with Crippen LogP contribution in [0, 0.1) is 0 Å². The molecule has 0 radical (unpaired) electrons. The van der Waals surface area contributed by atoms with Gasteiger partial charge in [0.25, 0.3) is 0 Å². The summed E-state index contributed by atoms with van der Waals surface area (Å²) in [5.41, 5.74) is 0. The van der Waals surface area contributed by atoms with Crippen molar-refractivity contribution in [1.29, 1.82) is 0 Å². The monoisotopic (exact) mass is 304 g/mol. The highest BCUT2D eigenvalue weighted by atomic mass is 29.6. The van der Waals surface area contributed by atoms with Gasteiger partial charge >= 0.3 is 0 Å². The summed E-state index contributed by atoms with van der Waals surface area (Å²) in [6.07, 6.45) is 16.8. The maximum absolute atomic E-state index is 2.63. The van der Waals surface area contributed by atoms with Crippen LogP contribution in [0.2, 0.25) is 39.3 Å². The second-order valence-electron chi connectivity index (χ2n) is 7.90. The van der Waals surface area contributed by atoms with Crippen molar-refractivity contribution in [2.24, 2.45) is 0 Å². The van der Waals surface area contributed by atoms with Gasteiger partial charge in [0.15, 0.2) is 0 Å². The van der Waals surface area contributed by atoms with Crippen molar-refractivity contribution in [2.75, 3.05) is 0 Å². The summed E-state index contributed by atoms with van der Waals surface area (Å²) in [6.45, 7) is 15.8.